The lowest BCUT2D eigenvalue weighted by molar-refractivity contribution is 0.0710. The van der Waals surface area contributed by atoms with Crippen LogP contribution in [0, 0.1) is 30.1 Å². The fourth-order valence-electron chi connectivity index (χ4n) is 1.95. The van der Waals surface area contributed by atoms with Crippen LogP contribution in [0.1, 0.15) is 41.8 Å². The molecule has 0 aliphatic rings. The lowest BCUT2D eigenvalue weighted by Gasteiger charge is -2.26. The standard InChI is InChI=1S/C17H20N2O2/c1-13(2)19(10-5-9-18)17(21)16-8-7-14(3)15(12-16)6-4-11-20/h7-8,12-13,20H,5,10-11H2,1-3H3. The van der Waals surface area contributed by atoms with Crippen molar-refractivity contribution < 1.29 is 9.90 Å². The Kier molecular flexibility index (Phi) is 6.46. The number of hydrogen-bond acceptors (Lipinski definition) is 3. The topological polar surface area (TPSA) is 64.3 Å². The summed E-state index contributed by atoms with van der Waals surface area (Å²) in [5.74, 6) is 5.34. The van der Waals surface area contributed by atoms with Crippen molar-refractivity contribution in [2.75, 3.05) is 13.2 Å². The van der Waals surface area contributed by atoms with Crippen LogP contribution in [0.5, 0.6) is 0 Å². The third-order valence-corrected chi connectivity index (χ3v) is 3.14. The van der Waals surface area contributed by atoms with Crippen molar-refractivity contribution in [3.05, 3.63) is 34.9 Å². The van der Waals surface area contributed by atoms with E-state index in [0.29, 0.717) is 18.5 Å². The van der Waals surface area contributed by atoms with Crippen LogP contribution in [0.2, 0.25) is 0 Å². The fraction of sp³-hybridized carbons (Fsp3) is 0.412. The average Bonchev–Trinajstić information content (AvgIpc) is 2.46. The molecule has 0 aliphatic carbocycles. The Morgan fingerprint density at radius 1 is 1.43 bits per heavy atom. The third-order valence-electron chi connectivity index (χ3n) is 3.14. The third kappa shape index (κ3) is 4.63. The summed E-state index contributed by atoms with van der Waals surface area (Å²) in [5, 5.41) is 17.5. The van der Waals surface area contributed by atoms with Gasteiger partial charge in [0.1, 0.15) is 6.61 Å². The van der Waals surface area contributed by atoms with E-state index in [1.54, 1.807) is 17.0 Å². The van der Waals surface area contributed by atoms with Gasteiger partial charge >= 0.3 is 0 Å². The molecule has 0 bridgehead atoms. The molecule has 21 heavy (non-hydrogen) atoms. The molecule has 0 saturated carbocycles. The van der Waals surface area contributed by atoms with Crippen molar-refractivity contribution in [1.29, 1.82) is 5.26 Å². The van der Waals surface area contributed by atoms with Gasteiger partial charge < -0.3 is 10.0 Å². The number of benzene rings is 1. The Hall–Kier alpha value is -2.30. The van der Waals surface area contributed by atoms with Gasteiger partial charge in [0, 0.05) is 23.7 Å². The average molecular weight is 284 g/mol. The lowest BCUT2D eigenvalue weighted by atomic mass is 10.0. The molecule has 0 radical (unpaired) electrons. The van der Waals surface area contributed by atoms with Crippen LogP contribution >= 0.6 is 0 Å². The van der Waals surface area contributed by atoms with Crippen molar-refractivity contribution in [1.82, 2.24) is 4.90 Å². The summed E-state index contributed by atoms with van der Waals surface area (Å²) in [6.45, 7) is 5.97. The fourth-order valence-corrected chi connectivity index (χ4v) is 1.95. The molecule has 0 saturated heterocycles. The summed E-state index contributed by atoms with van der Waals surface area (Å²) in [5.41, 5.74) is 2.24. The second-order valence-corrected chi connectivity index (χ2v) is 4.99. The minimum absolute atomic E-state index is 0.0270. The Bertz CT molecular complexity index is 603. The zero-order chi connectivity index (χ0) is 15.8. The Morgan fingerprint density at radius 2 is 2.14 bits per heavy atom. The first-order valence-corrected chi connectivity index (χ1v) is 6.89. The van der Waals surface area contributed by atoms with Crippen LogP contribution in [0.4, 0.5) is 0 Å². The van der Waals surface area contributed by atoms with E-state index in [1.165, 1.54) is 0 Å². The summed E-state index contributed by atoms with van der Waals surface area (Å²) in [6, 6.07) is 7.44. The van der Waals surface area contributed by atoms with Crippen molar-refractivity contribution >= 4 is 5.91 Å². The van der Waals surface area contributed by atoms with E-state index >= 15 is 0 Å². The monoisotopic (exact) mass is 284 g/mol. The molecule has 1 aromatic carbocycles. The summed E-state index contributed by atoms with van der Waals surface area (Å²) in [7, 11) is 0. The number of rotatable bonds is 4. The minimum atomic E-state index is -0.210. The molecule has 0 unspecified atom stereocenters. The molecule has 4 heteroatoms. The number of aryl methyl sites for hydroxylation is 1. The van der Waals surface area contributed by atoms with E-state index in [0.717, 1.165) is 11.1 Å². The molecule has 4 nitrogen and oxygen atoms in total. The summed E-state index contributed by atoms with van der Waals surface area (Å²) >= 11 is 0. The molecule has 0 atom stereocenters. The quantitative estimate of drug-likeness (QED) is 0.861. The minimum Gasteiger partial charge on any atom is -0.384 e. The van der Waals surface area contributed by atoms with E-state index in [4.69, 9.17) is 10.4 Å². The zero-order valence-corrected chi connectivity index (χ0v) is 12.7. The van der Waals surface area contributed by atoms with Crippen LogP contribution < -0.4 is 0 Å². The van der Waals surface area contributed by atoms with E-state index < -0.39 is 0 Å². The van der Waals surface area contributed by atoms with Crippen molar-refractivity contribution in [2.45, 2.75) is 33.2 Å². The molecule has 1 rings (SSSR count). The Labute approximate surface area is 126 Å². The first-order valence-electron chi connectivity index (χ1n) is 6.89. The van der Waals surface area contributed by atoms with Crippen LogP contribution in [0.3, 0.4) is 0 Å². The Morgan fingerprint density at radius 3 is 2.71 bits per heavy atom. The molecule has 110 valence electrons. The number of hydrogen-bond donors (Lipinski definition) is 1. The SMILES string of the molecule is Cc1ccc(C(=O)N(CCC#N)C(C)C)cc1C#CCO. The van der Waals surface area contributed by atoms with Gasteiger partial charge in [-0.3, -0.25) is 4.79 Å². The normalized spacial score (nSPS) is 9.71. The second kappa shape index (κ2) is 8.09. The number of aliphatic hydroxyl groups is 1. The van der Waals surface area contributed by atoms with Gasteiger partial charge in [0.05, 0.1) is 12.5 Å². The largest absolute Gasteiger partial charge is 0.384 e. The summed E-state index contributed by atoms with van der Waals surface area (Å²) < 4.78 is 0. The van der Waals surface area contributed by atoms with Gasteiger partial charge in [-0.25, -0.2) is 0 Å². The molecule has 0 aliphatic heterocycles. The van der Waals surface area contributed by atoms with Crippen LogP contribution in [-0.2, 0) is 0 Å². The van der Waals surface area contributed by atoms with E-state index in [-0.39, 0.29) is 18.6 Å². The van der Waals surface area contributed by atoms with Crippen molar-refractivity contribution in [3.63, 3.8) is 0 Å². The lowest BCUT2D eigenvalue weighted by Crippen LogP contribution is -2.37. The first-order chi connectivity index (χ1) is 10.0. The highest BCUT2D eigenvalue weighted by molar-refractivity contribution is 5.95. The maximum Gasteiger partial charge on any atom is 0.254 e. The molecule has 0 heterocycles. The summed E-state index contributed by atoms with van der Waals surface area (Å²) in [4.78, 5) is 14.2. The maximum absolute atomic E-state index is 12.5. The molecular weight excluding hydrogens is 264 g/mol. The van der Waals surface area contributed by atoms with Gasteiger partial charge in [0.2, 0.25) is 0 Å². The molecule has 0 spiro atoms. The molecule has 1 amide bonds. The van der Waals surface area contributed by atoms with Crippen molar-refractivity contribution in [3.8, 4) is 17.9 Å². The highest BCUT2D eigenvalue weighted by Gasteiger charge is 2.18. The number of carbonyl (C=O) groups is 1. The molecule has 1 N–H and O–H groups in total. The second-order valence-electron chi connectivity index (χ2n) is 4.99. The van der Waals surface area contributed by atoms with Gasteiger partial charge in [0.25, 0.3) is 5.91 Å². The van der Waals surface area contributed by atoms with Gasteiger partial charge in [-0.05, 0) is 38.5 Å². The first kappa shape index (κ1) is 16.8. The van der Waals surface area contributed by atoms with Crippen LogP contribution in [-0.4, -0.2) is 35.1 Å². The van der Waals surface area contributed by atoms with Gasteiger partial charge in [-0.15, -0.1) is 0 Å². The van der Waals surface area contributed by atoms with E-state index in [1.807, 2.05) is 26.8 Å². The molecule has 0 aromatic heterocycles. The number of carbonyl (C=O) groups excluding carboxylic acids is 1. The maximum atomic E-state index is 12.5. The van der Waals surface area contributed by atoms with Gasteiger partial charge in [0.15, 0.2) is 0 Å². The number of aliphatic hydroxyl groups excluding tert-OH is 1. The van der Waals surface area contributed by atoms with Gasteiger partial charge in [-0.1, -0.05) is 17.9 Å². The molecule has 0 fully saturated rings. The van der Waals surface area contributed by atoms with E-state index in [2.05, 4.69) is 17.9 Å². The predicted octanol–water partition coefficient (Wildman–Crippen LogP) is 2.10. The van der Waals surface area contributed by atoms with Crippen molar-refractivity contribution in [2.24, 2.45) is 0 Å². The molecule has 1 aromatic rings. The van der Waals surface area contributed by atoms with Crippen LogP contribution in [0.25, 0.3) is 0 Å². The van der Waals surface area contributed by atoms with Crippen LogP contribution in [0.15, 0.2) is 18.2 Å². The highest BCUT2D eigenvalue weighted by atomic mass is 16.2. The highest BCUT2D eigenvalue weighted by Crippen LogP contribution is 2.14. The number of nitriles is 1. The number of nitrogens with zero attached hydrogens (tertiary/aromatic N) is 2. The van der Waals surface area contributed by atoms with Gasteiger partial charge in [-0.2, -0.15) is 5.26 Å². The smallest absolute Gasteiger partial charge is 0.254 e. The van der Waals surface area contributed by atoms with E-state index in [9.17, 15) is 4.79 Å². The predicted molar refractivity (Wildman–Crippen MR) is 81.5 cm³/mol. The summed E-state index contributed by atoms with van der Waals surface area (Å²) in [6.07, 6.45) is 0.312. The molecular formula is C17H20N2O2. The zero-order valence-electron chi connectivity index (χ0n) is 12.7. The Balaban J connectivity index is 3.08. The number of amides is 1.